The van der Waals surface area contributed by atoms with E-state index in [9.17, 15) is 14.4 Å². The van der Waals surface area contributed by atoms with Gasteiger partial charge in [-0.05, 0) is 80.0 Å². The fraction of sp³-hybridized carbons (Fsp3) is 0.405. The van der Waals surface area contributed by atoms with Crippen LogP contribution in [0.1, 0.15) is 62.1 Å². The molecule has 8 heteroatoms. The van der Waals surface area contributed by atoms with Crippen LogP contribution >= 0.6 is 0 Å². The topological polar surface area (TPSA) is 109 Å². The Morgan fingerprint density at radius 1 is 1.00 bits per heavy atom. The highest BCUT2D eigenvalue weighted by Crippen LogP contribution is 2.50. The van der Waals surface area contributed by atoms with Crippen LogP contribution < -0.4 is 16.0 Å². The number of benzene rings is 2. The number of amides is 2. The minimum absolute atomic E-state index is 0.0945. The molecular formula is C37H42N4O4. The molecule has 0 saturated carbocycles. The number of allylic oxidation sites excluding steroid dienone is 1. The van der Waals surface area contributed by atoms with Crippen LogP contribution in [0.2, 0.25) is 0 Å². The van der Waals surface area contributed by atoms with Gasteiger partial charge in [0.2, 0.25) is 11.8 Å². The predicted octanol–water partition coefficient (Wildman–Crippen LogP) is 4.64. The molecule has 1 spiro atoms. The average Bonchev–Trinajstić information content (AvgIpc) is 3.49. The summed E-state index contributed by atoms with van der Waals surface area (Å²) in [5.41, 5.74) is 2.99. The second kappa shape index (κ2) is 13.4. The summed E-state index contributed by atoms with van der Waals surface area (Å²) in [4.78, 5) is 46.2. The zero-order chi connectivity index (χ0) is 31.4. The molecule has 2 aromatic carbocycles. The number of carbonyl (C=O) groups is 3. The summed E-state index contributed by atoms with van der Waals surface area (Å²) in [5.74, 6) is -0.181. The molecular weight excluding hydrogens is 564 g/mol. The number of ketones is 1. The van der Waals surface area contributed by atoms with Crippen molar-refractivity contribution in [2.24, 2.45) is 16.8 Å². The molecule has 0 aromatic heterocycles. The van der Waals surface area contributed by atoms with Crippen molar-refractivity contribution in [2.75, 3.05) is 13.1 Å². The maximum absolute atomic E-state index is 14.4. The van der Waals surface area contributed by atoms with Crippen molar-refractivity contribution in [1.29, 1.82) is 0 Å². The molecule has 0 radical (unpaired) electrons. The van der Waals surface area contributed by atoms with E-state index in [0.29, 0.717) is 30.6 Å². The number of fused-ring (bicyclic) bond motifs is 2. The fourth-order valence-corrected chi connectivity index (χ4v) is 6.85. The molecule has 2 aromatic rings. The van der Waals surface area contributed by atoms with Crippen molar-refractivity contribution in [3.8, 4) is 0 Å². The molecule has 3 N–H and O–H groups in total. The van der Waals surface area contributed by atoms with Crippen LogP contribution in [0.15, 0.2) is 89.2 Å². The minimum atomic E-state index is -0.796. The summed E-state index contributed by atoms with van der Waals surface area (Å²) in [6.07, 6.45) is 12.3. The average molecular weight is 607 g/mol. The predicted molar refractivity (Wildman–Crippen MR) is 175 cm³/mol. The van der Waals surface area contributed by atoms with Crippen molar-refractivity contribution in [2.45, 2.75) is 69.5 Å². The van der Waals surface area contributed by atoms with Gasteiger partial charge in [0.25, 0.3) is 0 Å². The molecule has 8 nitrogen and oxygen atoms in total. The number of aliphatic imine (C=N–C) groups is 1. The van der Waals surface area contributed by atoms with Crippen LogP contribution in [-0.4, -0.2) is 54.7 Å². The molecule has 2 amide bonds. The first-order valence-electron chi connectivity index (χ1n) is 16.2. The standard InChI is InChI=1S/C37H42N4O4/c1-24(2)20-32(41-35(43)27-15-18-38-19-16-27)36(44)40-31(13-12-25-8-4-3-5-9-25)34(42)28-21-30-29-11-7-6-10-26(29)14-17-37(30)33(22-28)45-23-39-37/h3-11,14,17,21-24,27,30-32,38H,12-13,15-16,18-20H2,1-2H3,(H,40,44)(H,41,43). The van der Waals surface area contributed by atoms with Gasteiger partial charge in [0.05, 0.1) is 6.04 Å². The molecule has 1 fully saturated rings. The van der Waals surface area contributed by atoms with E-state index in [1.807, 2.05) is 68.5 Å². The van der Waals surface area contributed by atoms with Crippen LogP contribution in [0.4, 0.5) is 0 Å². The number of piperidine rings is 1. The van der Waals surface area contributed by atoms with Crippen LogP contribution in [0.3, 0.4) is 0 Å². The summed E-state index contributed by atoms with van der Waals surface area (Å²) in [6.45, 7) is 5.63. The van der Waals surface area contributed by atoms with Crippen LogP contribution in [0, 0.1) is 11.8 Å². The van der Waals surface area contributed by atoms with E-state index in [2.05, 4.69) is 34.2 Å². The number of hydrogen-bond acceptors (Lipinski definition) is 6. The van der Waals surface area contributed by atoms with Gasteiger partial charge in [-0.3, -0.25) is 14.4 Å². The van der Waals surface area contributed by atoms with Gasteiger partial charge < -0.3 is 20.7 Å². The van der Waals surface area contributed by atoms with Gasteiger partial charge >= 0.3 is 0 Å². The molecule has 4 atom stereocenters. The van der Waals surface area contributed by atoms with Gasteiger partial charge in [0.15, 0.2) is 17.7 Å². The van der Waals surface area contributed by atoms with E-state index in [1.165, 1.54) is 6.40 Å². The molecule has 2 heterocycles. The molecule has 0 bridgehead atoms. The van der Waals surface area contributed by atoms with Gasteiger partial charge in [-0.2, -0.15) is 0 Å². The largest absolute Gasteiger partial charge is 0.447 e. The van der Waals surface area contributed by atoms with Gasteiger partial charge in [0, 0.05) is 17.4 Å². The lowest BCUT2D eigenvalue weighted by atomic mass is 9.69. The molecule has 6 rings (SSSR count). The molecule has 2 aliphatic carbocycles. The first-order valence-corrected chi connectivity index (χ1v) is 16.2. The van der Waals surface area contributed by atoms with Crippen LogP contribution in [0.25, 0.3) is 6.08 Å². The van der Waals surface area contributed by atoms with Crippen molar-refractivity contribution in [1.82, 2.24) is 16.0 Å². The summed E-state index contributed by atoms with van der Waals surface area (Å²) in [7, 11) is 0. The first kappa shape index (κ1) is 30.7. The zero-order valence-corrected chi connectivity index (χ0v) is 26.0. The molecule has 45 heavy (non-hydrogen) atoms. The monoisotopic (exact) mass is 606 g/mol. The third-order valence-corrected chi connectivity index (χ3v) is 9.33. The second-order valence-electron chi connectivity index (χ2n) is 12.9. The number of aryl methyl sites for hydroxylation is 1. The Hall–Kier alpha value is -4.30. The number of carbonyl (C=O) groups excluding carboxylic acids is 3. The number of nitrogens with one attached hydrogen (secondary N) is 3. The highest BCUT2D eigenvalue weighted by Gasteiger charge is 2.49. The third-order valence-electron chi connectivity index (χ3n) is 9.33. The summed E-state index contributed by atoms with van der Waals surface area (Å²) >= 11 is 0. The lowest BCUT2D eigenvalue weighted by Gasteiger charge is -2.37. The Morgan fingerprint density at radius 2 is 1.76 bits per heavy atom. The van der Waals surface area contributed by atoms with E-state index in [-0.39, 0.29) is 35.4 Å². The smallest absolute Gasteiger partial charge is 0.243 e. The number of nitrogens with zero attached hydrogens (tertiary/aromatic N) is 1. The Balaban J connectivity index is 1.27. The second-order valence-corrected chi connectivity index (χ2v) is 12.9. The highest BCUT2D eigenvalue weighted by atomic mass is 16.5. The molecule has 234 valence electrons. The van der Waals surface area contributed by atoms with Gasteiger partial charge in [-0.15, -0.1) is 0 Å². The van der Waals surface area contributed by atoms with Crippen molar-refractivity contribution in [3.05, 3.63) is 101 Å². The van der Waals surface area contributed by atoms with E-state index in [4.69, 9.17) is 9.73 Å². The maximum atomic E-state index is 14.4. The van der Waals surface area contributed by atoms with Crippen LogP contribution in [-0.2, 0) is 25.5 Å². The van der Waals surface area contributed by atoms with Gasteiger partial charge in [-0.25, -0.2) is 4.99 Å². The van der Waals surface area contributed by atoms with E-state index in [0.717, 1.165) is 42.6 Å². The van der Waals surface area contributed by atoms with Gasteiger partial charge in [0.1, 0.15) is 11.8 Å². The summed E-state index contributed by atoms with van der Waals surface area (Å²) < 4.78 is 5.87. The Morgan fingerprint density at radius 3 is 2.53 bits per heavy atom. The van der Waals surface area contributed by atoms with E-state index < -0.39 is 17.6 Å². The quantitative estimate of drug-likeness (QED) is 0.346. The molecule has 4 aliphatic rings. The Bertz CT molecular complexity index is 1550. The lowest BCUT2D eigenvalue weighted by molar-refractivity contribution is -0.133. The number of ether oxygens (including phenoxy) is 1. The molecule has 2 aliphatic heterocycles. The SMILES string of the molecule is CC(C)CC(NC(=O)C1CCNCC1)C(=O)NC(CCc1ccccc1)C(=O)C1=CC2c3ccccc3C=CC23N=COC3=C1. The lowest BCUT2D eigenvalue weighted by Crippen LogP contribution is -2.54. The minimum Gasteiger partial charge on any atom is -0.447 e. The number of Topliss-reactive ketones (excluding diaryl/α,β-unsaturated/α-hetero) is 1. The van der Waals surface area contributed by atoms with Crippen molar-refractivity contribution in [3.63, 3.8) is 0 Å². The molecule has 1 saturated heterocycles. The number of rotatable bonds is 11. The fourth-order valence-electron chi connectivity index (χ4n) is 6.85. The normalized spacial score (nSPS) is 23.0. The summed E-state index contributed by atoms with van der Waals surface area (Å²) in [5, 5.41) is 9.39. The van der Waals surface area contributed by atoms with Crippen molar-refractivity contribution < 1.29 is 19.1 Å². The van der Waals surface area contributed by atoms with E-state index >= 15 is 0 Å². The van der Waals surface area contributed by atoms with E-state index in [1.54, 1.807) is 6.08 Å². The zero-order valence-electron chi connectivity index (χ0n) is 26.0. The van der Waals surface area contributed by atoms with Gasteiger partial charge in [-0.1, -0.05) is 80.6 Å². The Kier molecular flexibility index (Phi) is 9.12. The summed E-state index contributed by atoms with van der Waals surface area (Å²) in [6, 6.07) is 16.5. The number of hydrogen-bond donors (Lipinski definition) is 3. The third kappa shape index (κ3) is 6.57. The highest BCUT2D eigenvalue weighted by molar-refractivity contribution is 6.05. The first-order chi connectivity index (χ1) is 21.8. The van der Waals surface area contributed by atoms with Crippen molar-refractivity contribution >= 4 is 30.1 Å². The maximum Gasteiger partial charge on any atom is 0.243 e. The Labute approximate surface area is 265 Å². The van der Waals surface area contributed by atoms with Crippen LogP contribution in [0.5, 0.6) is 0 Å². The molecule has 4 unspecified atom stereocenters.